The minimum absolute atomic E-state index is 0.485. The van der Waals surface area contributed by atoms with Gasteiger partial charge in [-0.15, -0.1) is 0 Å². The van der Waals surface area contributed by atoms with Crippen LogP contribution in [0.1, 0.15) is 6.92 Å². The van der Waals surface area contributed by atoms with E-state index in [4.69, 9.17) is 0 Å². The summed E-state index contributed by atoms with van der Waals surface area (Å²) in [7, 11) is -2.35. The summed E-state index contributed by atoms with van der Waals surface area (Å²) < 4.78 is 45.1. The van der Waals surface area contributed by atoms with Crippen molar-refractivity contribution >= 4 is 10.9 Å². The van der Waals surface area contributed by atoms with Crippen LogP contribution >= 0.6 is 0 Å². The molecular weight excluding hydrogens is 212 g/mol. The number of rotatable bonds is 2. The molecule has 1 aromatic rings. The monoisotopic (exact) mass is 223 g/mol. The van der Waals surface area contributed by atoms with Gasteiger partial charge in [0.15, 0.2) is 11.6 Å². The third-order valence-corrected chi connectivity index (χ3v) is 1.69. The van der Waals surface area contributed by atoms with Gasteiger partial charge in [-0.25, -0.2) is 21.9 Å². The van der Waals surface area contributed by atoms with E-state index in [1.807, 2.05) is 0 Å². The molecule has 0 atom stereocenters. The second kappa shape index (κ2) is 7.40. The van der Waals surface area contributed by atoms with E-state index in [2.05, 4.69) is 4.72 Å². The Morgan fingerprint density at radius 3 is 1.79 bits per heavy atom. The number of halogens is 2. The number of hydrogen-bond donors (Lipinski definition) is 2. The smallest absolute Gasteiger partial charge is 0.201 e. The average Bonchev–Trinajstić information content (AvgIpc) is 2.11. The topological polar surface area (TPSA) is 46.2 Å². The fourth-order valence-corrected chi connectivity index (χ4v) is 0.827. The second-order valence-electron chi connectivity index (χ2n) is 2.18. The number of benzene rings is 1. The van der Waals surface area contributed by atoms with Crippen molar-refractivity contribution in [1.82, 2.24) is 4.72 Å². The van der Waals surface area contributed by atoms with Crippen molar-refractivity contribution in [2.75, 3.05) is 6.54 Å². The maximum absolute atomic E-state index is 11.9. The van der Waals surface area contributed by atoms with E-state index in [-0.39, 0.29) is 0 Å². The molecule has 0 aromatic heterocycles. The zero-order chi connectivity index (χ0) is 11.0. The Balaban J connectivity index is 0.000000255. The van der Waals surface area contributed by atoms with Crippen LogP contribution in [-0.2, 0) is 10.9 Å². The summed E-state index contributed by atoms with van der Waals surface area (Å²) in [5.41, 5.74) is 0. The number of nitrogens with one attached hydrogen (secondary N) is 1. The molecule has 0 saturated heterocycles. The fourth-order valence-electron chi connectivity index (χ4n) is 0.568. The first kappa shape index (κ1) is 13.0. The number of hydrogen-bond acceptors (Lipinski definition) is 2. The predicted octanol–water partition coefficient (Wildman–Crippen LogP) is 1.09. The van der Waals surface area contributed by atoms with Gasteiger partial charge in [0.05, 0.1) is 0 Å². The van der Waals surface area contributed by atoms with E-state index in [0.717, 1.165) is 12.1 Å². The molecule has 0 unspecified atom stereocenters. The van der Waals surface area contributed by atoms with Gasteiger partial charge in [-0.05, 0) is 12.1 Å². The highest BCUT2D eigenvalue weighted by Gasteiger charge is 1.93. The predicted molar refractivity (Wildman–Crippen MR) is 50.3 cm³/mol. The minimum Gasteiger partial charge on any atom is -0.218 e. The minimum atomic E-state index is -2.35. The van der Waals surface area contributed by atoms with Gasteiger partial charge in [-0.2, -0.15) is 0 Å². The first-order chi connectivity index (χ1) is 6.57. The van der Waals surface area contributed by atoms with Crippen molar-refractivity contribution in [2.45, 2.75) is 6.92 Å². The highest BCUT2D eigenvalue weighted by molar-refractivity contribution is 7.70. The first-order valence-electron chi connectivity index (χ1n) is 3.85. The summed E-state index contributed by atoms with van der Waals surface area (Å²) in [6, 6.07) is 5.04. The van der Waals surface area contributed by atoms with Gasteiger partial charge in [-0.1, -0.05) is 19.1 Å². The van der Waals surface area contributed by atoms with Crippen molar-refractivity contribution in [3.05, 3.63) is 35.9 Å². The van der Waals surface area contributed by atoms with Crippen LogP contribution < -0.4 is 4.72 Å². The lowest BCUT2D eigenvalue weighted by Gasteiger charge is -1.85. The Bertz CT molecular complexity index is 313. The Morgan fingerprint density at radius 1 is 1.21 bits per heavy atom. The molecule has 14 heavy (non-hydrogen) atoms. The molecule has 0 saturated carbocycles. The summed E-state index contributed by atoms with van der Waals surface area (Å²) in [5, 5.41) is 0. The molecule has 0 aliphatic carbocycles. The highest BCUT2D eigenvalue weighted by Crippen LogP contribution is 2.01. The summed E-state index contributed by atoms with van der Waals surface area (Å²) >= 11 is 0. The van der Waals surface area contributed by atoms with Crippen LogP contribution in [0, 0.1) is 11.6 Å². The van der Waals surface area contributed by atoms with Gasteiger partial charge >= 0.3 is 0 Å². The summed E-state index contributed by atoms with van der Waals surface area (Å²) in [4.78, 5) is 0. The lowest BCUT2D eigenvalue weighted by Crippen LogP contribution is -2.08. The van der Waals surface area contributed by atoms with Gasteiger partial charge < -0.3 is 0 Å². The number of thiol groups is 1. The van der Waals surface area contributed by atoms with Gasteiger partial charge in [0, 0.05) is 6.54 Å². The van der Waals surface area contributed by atoms with Crippen LogP contribution in [0.5, 0.6) is 0 Å². The van der Waals surface area contributed by atoms with Crippen LogP contribution in [-0.4, -0.2) is 15.0 Å². The average molecular weight is 223 g/mol. The molecule has 6 heteroatoms. The first-order valence-corrected chi connectivity index (χ1v) is 5.03. The maximum atomic E-state index is 11.9. The lowest BCUT2D eigenvalue weighted by molar-refractivity contribution is 0.508. The van der Waals surface area contributed by atoms with Crippen LogP contribution in [0.2, 0.25) is 0 Å². The second-order valence-corrected chi connectivity index (χ2v) is 3.01. The molecule has 0 bridgehead atoms. The van der Waals surface area contributed by atoms with E-state index < -0.39 is 22.5 Å². The van der Waals surface area contributed by atoms with Crippen molar-refractivity contribution in [3.8, 4) is 0 Å². The standard InChI is InChI=1S/C6H4F2.C2H7NO2S/c7-5-3-1-2-4-6(5)8;1-2-3-6(4)5/h1-4H;6H,2H2,1H3,(H,3,4,5). The zero-order valence-electron chi connectivity index (χ0n) is 7.54. The molecule has 0 aliphatic rings. The van der Waals surface area contributed by atoms with Crippen molar-refractivity contribution in [1.29, 1.82) is 0 Å². The van der Waals surface area contributed by atoms with Gasteiger partial charge in [-0.3, -0.25) is 0 Å². The SMILES string of the molecule is CCN[SH](=O)=O.Fc1ccccc1F. The van der Waals surface area contributed by atoms with E-state index in [1.54, 1.807) is 6.92 Å². The third-order valence-electron chi connectivity index (χ3n) is 1.11. The summed E-state index contributed by atoms with van der Waals surface area (Å²) in [6.45, 7) is 2.21. The summed E-state index contributed by atoms with van der Waals surface area (Å²) in [6.07, 6.45) is 0. The Kier molecular flexibility index (Phi) is 6.87. The molecule has 1 rings (SSSR count). The molecular formula is C8H11F2NO2S. The zero-order valence-corrected chi connectivity index (χ0v) is 8.43. The molecule has 0 amide bonds. The van der Waals surface area contributed by atoms with E-state index in [9.17, 15) is 17.2 Å². The maximum Gasteiger partial charge on any atom is 0.201 e. The molecule has 80 valence electrons. The third kappa shape index (κ3) is 6.50. The van der Waals surface area contributed by atoms with Gasteiger partial charge in [0.25, 0.3) is 0 Å². The highest BCUT2D eigenvalue weighted by atomic mass is 32.2. The largest absolute Gasteiger partial charge is 0.218 e. The van der Waals surface area contributed by atoms with E-state index in [0.29, 0.717) is 6.54 Å². The molecule has 1 aromatic carbocycles. The molecule has 0 heterocycles. The van der Waals surface area contributed by atoms with E-state index in [1.165, 1.54) is 12.1 Å². The lowest BCUT2D eigenvalue weighted by atomic mass is 10.3. The van der Waals surface area contributed by atoms with E-state index >= 15 is 0 Å². The summed E-state index contributed by atoms with van der Waals surface area (Å²) in [5.74, 6) is -1.60. The van der Waals surface area contributed by atoms with Crippen molar-refractivity contribution in [3.63, 3.8) is 0 Å². The fraction of sp³-hybridized carbons (Fsp3) is 0.250. The van der Waals surface area contributed by atoms with Crippen LogP contribution in [0.4, 0.5) is 8.78 Å². The van der Waals surface area contributed by atoms with Crippen LogP contribution in [0.3, 0.4) is 0 Å². The van der Waals surface area contributed by atoms with Crippen molar-refractivity contribution in [2.24, 2.45) is 0 Å². The van der Waals surface area contributed by atoms with Gasteiger partial charge in [0.2, 0.25) is 10.9 Å². The molecule has 0 aliphatic heterocycles. The molecule has 1 N–H and O–H groups in total. The van der Waals surface area contributed by atoms with Crippen LogP contribution in [0.25, 0.3) is 0 Å². The van der Waals surface area contributed by atoms with Gasteiger partial charge in [0.1, 0.15) is 0 Å². The molecule has 3 nitrogen and oxygen atoms in total. The Morgan fingerprint density at radius 2 is 1.64 bits per heavy atom. The Labute approximate surface area is 82.8 Å². The van der Waals surface area contributed by atoms with Crippen molar-refractivity contribution < 1.29 is 17.2 Å². The normalized spacial score (nSPS) is 9.43. The van der Waals surface area contributed by atoms with Crippen LogP contribution in [0.15, 0.2) is 24.3 Å². The molecule has 0 radical (unpaired) electrons. The molecule has 0 spiro atoms. The molecule has 0 fully saturated rings. The Hall–Kier alpha value is -1.01. The quantitative estimate of drug-likeness (QED) is 0.737.